The zero-order chi connectivity index (χ0) is 51.4. The molecule has 0 heterocycles. The fraction of sp³-hybridized carbons (Fsp3) is 0.769. The van der Waals surface area contributed by atoms with Crippen molar-refractivity contribution in [3.05, 3.63) is 72.9 Å². The minimum Gasteiger partial charge on any atom is -0.462 e. The molecule has 0 N–H and O–H groups in total. The third-order valence-electron chi connectivity index (χ3n) is 13.2. The average molecular weight is 992 g/mol. The quantitative estimate of drug-likeness (QED) is 0.0261. The van der Waals surface area contributed by atoms with Crippen molar-refractivity contribution >= 4 is 17.9 Å². The van der Waals surface area contributed by atoms with Gasteiger partial charge in [-0.05, 0) is 89.9 Å². The minimum absolute atomic E-state index is 0.0853. The second-order valence-corrected chi connectivity index (χ2v) is 20.2. The summed E-state index contributed by atoms with van der Waals surface area (Å²) in [6, 6.07) is 0. The highest BCUT2D eigenvalue weighted by Crippen LogP contribution is 2.16. The van der Waals surface area contributed by atoms with E-state index in [0.29, 0.717) is 19.3 Å². The molecular formula is C65H114O6. The monoisotopic (exact) mass is 991 g/mol. The van der Waals surface area contributed by atoms with E-state index >= 15 is 0 Å². The van der Waals surface area contributed by atoms with Crippen LogP contribution in [0.1, 0.15) is 303 Å². The first-order valence-electron chi connectivity index (χ1n) is 30.4. The molecule has 410 valence electrons. The Hall–Kier alpha value is -3.15. The van der Waals surface area contributed by atoms with Gasteiger partial charge in [0.05, 0.1) is 0 Å². The molecule has 0 saturated heterocycles. The molecule has 1 atom stereocenters. The Balaban J connectivity index is 4.41. The van der Waals surface area contributed by atoms with Crippen LogP contribution in [-0.4, -0.2) is 37.2 Å². The lowest BCUT2D eigenvalue weighted by Crippen LogP contribution is -2.30. The van der Waals surface area contributed by atoms with Gasteiger partial charge in [0.2, 0.25) is 0 Å². The number of rotatable bonds is 55. The summed E-state index contributed by atoms with van der Waals surface area (Å²) in [5, 5.41) is 0. The Bertz CT molecular complexity index is 1320. The lowest BCUT2D eigenvalue weighted by molar-refractivity contribution is -0.167. The van der Waals surface area contributed by atoms with Crippen LogP contribution < -0.4 is 0 Å². The third-order valence-corrected chi connectivity index (χ3v) is 13.2. The highest BCUT2D eigenvalue weighted by Gasteiger charge is 2.19. The van der Waals surface area contributed by atoms with Crippen molar-refractivity contribution in [1.29, 1.82) is 0 Å². The van der Waals surface area contributed by atoms with Crippen LogP contribution in [0.4, 0.5) is 0 Å². The second kappa shape index (κ2) is 59.4. The molecule has 0 spiro atoms. The maximum atomic E-state index is 12.9. The first kappa shape index (κ1) is 67.8. The molecule has 0 aromatic rings. The molecule has 0 saturated carbocycles. The van der Waals surface area contributed by atoms with E-state index in [1.165, 1.54) is 154 Å². The summed E-state index contributed by atoms with van der Waals surface area (Å²) in [5.74, 6) is -0.902. The molecule has 0 aromatic carbocycles. The topological polar surface area (TPSA) is 78.9 Å². The van der Waals surface area contributed by atoms with Crippen LogP contribution in [0.5, 0.6) is 0 Å². The molecule has 0 aliphatic rings. The van der Waals surface area contributed by atoms with E-state index in [1.807, 2.05) is 0 Å². The van der Waals surface area contributed by atoms with Gasteiger partial charge < -0.3 is 14.2 Å². The van der Waals surface area contributed by atoms with Crippen molar-refractivity contribution in [2.75, 3.05) is 13.2 Å². The van der Waals surface area contributed by atoms with Crippen LogP contribution in [-0.2, 0) is 28.6 Å². The smallest absolute Gasteiger partial charge is 0.306 e. The highest BCUT2D eigenvalue weighted by molar-refractivity contribution is 5.71. The fourth-order valence-electron chi connectivity index (χ4n) is 8.64. The number of allylic oxidation sites excluding steroid dienone is 12. The summed E-state index contributed by atoms with van der Waals surface area (Å²) in [4.78, 5) is 38.3. The van der Waals surface area contributed by atoms with Crippen LogP contribution in [0.2, 0.25) is 0 Å². The highest BCUT2D eigenvalue weighted by atomic mass is 16.6. The van der Waals surface area contributed by atoms with Crippen molar-refractivity contribution in [3.63, 3.8) is 0 Å². The van der Waals surface area contributed by atoms with Gasteiger partial charge in [0.25, 0.3) is 0 Å². The van der Waals surface area contributed by atoms with Crippen molar-refractivity contribution in [1.82, 2.24) is 0 Å². The minimum atomic E-state index is -0.788. The van der Waals surface area contributed by atoms with Gasteiger partial charge in [0.15, 0.2) is 6.10 Å². The van der Waals surface area contributed by atoms with Gasteiger partial charge in [-0.25, -0.2) is 0 Å². The number of esters is 3. The molecule has 0 aliphatic carbocycles. The molecule has 0 amide bonds. The Morgan fingerprint density at radius 3 is 0.873 bits per heavy atom. The van der Waals surface area contributed by atoms with E-state index in [4.69, 9.17) is 14.2 Å². The summed E-state index contributed by atoms with van der Waals surface area (Å²) in [7, 11) is 0. The first-order valence-corrected chi connectivity index (χ1v) is 30.4. The van der Waals surface area contributed by atoms with Crippen LogP contribution in [0.25, 0.3) is 0 Å². The number of hydrogen-bond acceptors (Lipinski definition) is 6. The lowest BCUT2D eigenvalue weighted by Gasteiger charge is -2.18. The zero-order valence-corrected chi connectivity index (χ0v) is 47.0. The van der Waals surface area contributed by atoms with E-state index in [0.717, 1.165) is 109 Å². The van der Waals surface area contributed by atoms with Gasteiger partial charge in [-0.2, -0.15) is 0 Å². The fourth-order valence-corrected chi connectivity index (χ4v) is 8.64. The van der Waals surface area contributed by atoms with E-state index in [9.17, 15) is 14.4 Å². The van der Waals surface area contributed by atoms with Crippen molar-refractivity contribution in [2.24, 2.45) is 0 Å². The number of carbonyl (C=O) groups excluding carboxylic acids is 3. The molecule has 71 heavy (non-hydrogen) atoms. The molecule has 0 bridgehead atoms. The van der Waals surface area contributed by atoms with E-state index in [1.54, 1.807) is 0 Å². The molecule has 6 heteroatoms. The van der Waals surface area contributed by atoms with Crippen molar-refractivity contribution in [3.8, 4) is 0 Å². The second-order valence-electron chi connectivity index (χ2n) is 20.2. The van der Waals surface area contributed by atoms with Crippen LogP contribution in [0, 0.1) is 0 Å². The number of unbranched alkanes of at least 4 members (excludes halogenated alkanes) is 32. The molecule has 0 radical (unpaired) electrons. The van der Waals surface area contributed by atoms with Gasteiger partial charge in [0, 0.05) is 19.3 Å². The van der Waals surface area contributed by atoms with Gasteiger partial charge >= 0.3 is 17.9 Å². The van der Waals surface area contributed by atoms with Gasteiger partial charge in [-0.3, -0.25) is 14.4 Å². The predicted octanol–water partition coefficient (Wildman–Crippen LogP) is 20.5. The molecular weight excluding hydrogens is 877 g/mol. The SMILES string of the molecule is CC/C=C\C/C=C\C/C=C\C/C=C\CCCCCCC(=O)OCC(COC(=O)CCCCCCCCC/C=C\C/C=C\CCCCCC)OC(=O)CCCCCCCCCCCCCCCCCCCC. The molecule has 0 aromatic heterocycles. The molecule has 1 unspecified atom stereocenters. The molecule has 0 fully saturated rings. The number of carbonyl (C=O) groups is 3. The zero-order valence-electron chi connectivity index (χ0n) is 47.0. The Kier molecular flexibility index (Phi) is 56.8. The maximum Gasteiger partial charge on any atom is 0.306 e. The third kappa shape index (κ3) is 57.6. The Labute approximate surface area is 440 Å². The van der Waals surface area contributed by atoms with E-state index in [-0.39, 0.29) is 31.1 Å². The summed E-state index contributed by atoms with van der Waals surface area (Å²) >= 11 is 0. The summed E-state index contributed by atoms with van der Waals surface area (Å²) in [6.07, 6.45) is 76.1. The summed E-state index contributed by atoms with van der Waals surface area (Å²) in [5.41, 5.74) is 0. The van der Waals surface area contributed by atoms with E-state index in [2.05, 4.69) is 93.7 Å². The van der Waals surface area contributed by atoms with Crippen molar-refractivity contribution < 1.29 is 28.6 Å². The lowest BCUT2D eigenvalue weighted by atomic mass is 10.0. The summed E-state index contributed by atoms with van der Waals surface area (Å²) in [6.45, 7) is 6.52. The normalized spacial score (nSPS) is 12.5. The Morgan fingerprint density at radius 2 is 0.549 bits per heavy atom. The summed E-state index contributed by atoms with van der Waals surface area (Å²) < 4.78 is 16.9. The van der Waals surface area contributed by atoms with Crippen LogP contribution in [0.15, 0.2) is 72.9 Å². The molecule has 0 aliphatic heterocycles. The molecule has 0 rings (SSSR count). The number of ether oxygens (including phenoxy) is 3. The standard InChI is InChI=1S/C65H114O6/c1-4-7-10-13-16-19-22-25-28-31-34-37-40-43-46-49-52-55-58-64(67)70-61-62(60-69-63(66)57-54-51-48-45-42-39-36-33-30-27-24-21-18-15-12-9-6-3)71-65(68)59-56-53-50-47-44-41-38-35-32-29-26-23-20-17-14-11-8-5-2/h9,12,18-19,21-22,27-28,30-31,36,39,62H,4-8,10-11,13-17,20,23-26,29,32-35,37-38,40-61H2,1-3H3/b12-9-,21-18-,22-19-,30-27-,31-28-,39-36-. The molecule has 6 nitrogen and oxygen atoms in total. The largest absolute Gasteiger partial charge is 0.462 e. The maximum absolute atomic E-state index is 12.9. The predicted molar refractivity (Wildman–Crippen MR) is 307 cm³/mol. The Morgan fingerprint density at radius 1 is 0.296 bits per heavy atom. The van der Waals surface area contributed by atoms with Gasteiger partial charge in [-0.15, -0.1) is 0 Å². The first-order chi connectivity index (χ1) is 35.0. The van der Waals surface area contributed by atoms with E-state index < -0.39 is 6.10 Å². The van der Waals surface area contributed by atoms with Crippen LogP contribution >= 0.6 is 0 Å². The van der Waals surface area contributed by atoms with Crippen molar-refractivity contribution in [2.45, 2.75) is 309 Å². The average Bonchev–Trinajstić information content (AvgIpc) is 3.37. The van der Waals surface area contributed by atoms with Gasteiger partial charge in [-0.1, -0.05) is 267 Å². The van der Waals surface area contributed by atoms with Gasteiger partial charge in [0.1, 0.15) is 13.2 Å². The number of hydrogen-bond donors (Lipinski definition) is 0. The van der Waals surface area contributed by atoms with Crippen LogP contribution in [0.3, 0.4) is 0 Å².